The number of hydrogen-bond donors (Lipinski definition) is 1. The van der Waals surface area contributed by atoms with Crippen LogP contribution in [-0.2, 0) is 0 Å². The van der Waals surface area contributed by atoms with E-state index in [1.54, 1.807) is 41.7 Å². The Labute approximate surface area is 178 Å². The summed E-state index contributed by atoms with van der Waals surface area (Å²) >= 11 is 15.8. The van der Waals surface area contributed by atoms with E-state index in [0.29, 0.717) is 10.0 Å². The second-order valence-corrected chi connectivity index (χ2v) is 10.4. The van der Waals surface area contributed by atoms with E-state index in [9.17, 15) is 10.5 Å². The molecule has 1 saturated carbocycles. The molecule has 3 unspecified atom stereocenters. The lowest BCUT2D eigenvalue weighted by Gasteiger charge is -2.32. The van der Waals surface area contributed by atoms with Gasteiger partial charge < -0.3 is 5.73 Å². The molecule has 0 bridgehead atoms. The Morgan fingerprint density at radius 1 is 1.15 bits per heavy atom. The summed E-state index contributed by atoms with van der Waals surface area (Å²) in [6, 6.07) is 10.0. The van der Waals surface area contributed by atoms with E-state index in [4.69, 9.17) is 33.9 Å². The molecule has 1 fully saturated rings. The molecule has 0 saturated heterocycles. The monoisotopic (exact) mass is 438 g/mol. The quantitative estimate of drug-likeness (QED) is 0.573. The maximum Gasteiger partial charge on any atom is 0.175 e. The molecular formula is C19H20Cl2N4S2. The summed E-state index contributed by atoms with van der Waals surface area (Å²) in [5.41, 5.74) is 4.87. The summed E-state index contributed by atoms with van der Waals surface area (Å²) in [6.45, 7) is 4.18. The maximum absolute atomic E-state index is 10.4. The molecule has 8 heteroatoms. The molecule has 142 valence electrons. The zero-order valence-electron chi connectivity index (χ0n) is 15.1. The number of aliphatic imine (C=N–C) groups is 1. The second kappa shape index (κ2) is 7.41. The zero-order valence-corrected chi connectivity index (χ0v) is 18.3. The molecule has 0 aromatic heterocycles. The van der Waals surface area contributed by atoms with E-state index in [2.05, 4.69) is 26.0 Å². The molecule has 1 aliphatic carbocycles. The zero-order chi connectivity index (χ0) is 19.9. The van der Waals surface area contributed by atoms with Crippen LogP contribution in [-0.4, -0.2) is 21.5 Å². The fourth-order valence-corrected chi connectivity index (χ4v) is 7.78. The average Bonchev–Trinajstić information content (AvgIpc) is 3.21. The van der Waals surface area contributed by atoms with Gasteiger partial charge in [-0.1, -0.05) is 43.1 Å². The first-order valence-electron chi connectivity index (χ1n) is 8.81. The number of hydrogen-bond acceptors (Lipinski definition) is 6. The molecule has 0 radical (unpaired) electrons. The first kappa shape index (κ1) is 20.7. The van der Waals surface area contributed by atoms with Crippen molar-refractivity contribution in [3.63, 3.8) is 0 Å². The molecule has 3 rings (SSSR count). The van der Waals surface area contributed by atoms with Crippen molar-refractivity contribution in [2.45, 2.75) is 36.8 Å². The third-order valence-corrected chi connectivity index (χ3v) is 9.31. The van der Waals surface area contributed by atoms with Crippen LogP contribution in [0.25, 0.3) is 0 Å². The number of nitrogens with two attached hydrogens (primary N) is 1. The molecule has 0 amide bonds. The van der Waals surface area contributed by atoms with Gasteiger partial charge in [0.1, 0.15) is 16.7 Å². The van der Waals surface area contributed by atoms with E-state index >= 15 is 0 Å². The fraction of sp³-hybridized carbons (Fsp3) is 0.526. The van der Waals surface area contributed by atoms with Crippen molar-refractivity contribution in [2.24, 2.45) is 21.6 Å². The molecule has 3 atom stereocenters. The molecule has 4 nitrogen and oxygen atoms in total. The summed E-state index contributed by atoms with van der Waals surface area (Å²) in [4.78, 5) is 4.74. The normalized spacial score (nSPS) is 30.1. The average molecular weight is 439 g/mol. The minimum absolute atomic E-state index is 0.245. The SMILES string of the molecule is CCCSC1(SCCC)N=C(N)C2(C#N)C(c3ccc(Cl)cc3Cl)C12C#N. The van der Waals surface area contributed by atoms with Gasteiger partial charge >= 0.3 is 0 Å². The highest BCUT2D eigenvalue weighted by Gasteiger charge is 2.92. The van der Waals surface area contributed by atoms with Crippen LogP contribution < -0.4 is 5.73 Å². The van der Waals surface area contributed by atoms with Gasteiger partial charge in [0.25, 0.3) is 0 Å². The first-order chi connectivity index (χ1) is 12.9. The van der Waals surface area contributed by atoms with Crippen molar-refractivity contribution in [1.82, 2.24) is 0 Å². The number of benzene rings is 1. The van der Waals surface area contributed by atoms with Gasteiger partial charge in [0.05, 0.1) is 12.1 Å². The van der Waals surface area contributed by atoms with E-state index in [1.807, 2.05) is 0 Å². The van der Waals surface area contributed by atoms with E-state index in [0.717, 1.165) is 29.9 Å². The standard InChI is InChI=1S/C19H20Cl2N4S2/c1-3-7-26-19(27-8-4-2)18(11-23)15(17(18,10-22)16(24)25-19)13-6-5-12(20)9-14(13)21/h5-6,9,15H,3-4,7-8H2,1-2H3,(H2,24,25). The van der Waals surface area contributed by atoms with Crippen LogP contribution in [0.4, 0.5) is 0 Å². The van der Waals surface area contributed by atoms with Crippen molar-refractivity contribution < 1.29 is 0 Å². The summed E-state index contributed by atoms with van der Waals surface area (Å²) in [5.74, 6) is 1.49. The van der Waals surface area contributed by atoms with Gasteiger partial charge in [0, 0.05) is 16.0 Å². The summed E-state index contributed by atoms with van der Waals surface area (Å²) in [5, 5.41) is 21.5. The van der Waals surface area contributed by atoms with E-state index < -0.39 is 21.0 Å². The van der Waals surface area contributed by atoms with Gasteiger partial charge in [-0.2, -0.15) is 10.5 Å². The molecule has 27 heavy (non-hydrogen) atoms. The van der Waals surface area contributed by atoms with E-state index in [-0.39, 0.29) is 5.84 Å². The largest absolute Gasteiger partial charge is 0.386 e. The van der Waals surface area contributed by atoms with E-state index in [1.165, 1.54) is 0 Å². The summed E-state index contributed by atoms with van der Waals surface area (Å²) < 4.78 is -0.804. The Morgan fingerprint density at radius 3 is 2.26 bits per heavy atom. The number of fused-ring (bicyclic) bond motifs is 1. The van der Waals surface area contributed by atoms with Crippen molar-refractivity contribution >= 4 is 52.6 Å². The molecular weight excluding hydrogens is 419 g/mol. The van der Waals surface area contributed by atoms with Crippen molar-refractivity contribution in [2.75, 3.05) is 11.5 Å². The van der Waals surface area contributed by atoms with Gasteiger partial charge in [-0.25, -0.2) is 4.99 Å². The van der Waals surface area contributed by atoms with Crippen LogP contribution >= 0.6 is 46.7 Å². The Bertz CT molecular complexity index is 867. The second-order valence-electron chi connectivity index (χ2n) is 6.71. The predicted molar refractivity (Wildman–Crippen MR) is 115 cm³/mol. The minimum atomic E-state index is -1.15. The lowest BCUT2D eigenvalue weighted by atomic mass is 9.97. The Balaban J connectivity index is 2.20. The van der Waals surface area contributed by atoms with Crippen LogP contribution in [0.5, 0.6) is 0 Å². The highest BCUT2D eigenvalue weighted by molar-refractivity contribution is 8.18. The third kappa shape index (κ3) is 2.61. The molecule has 1 heterocycles. The Hall–Kier alpha value is -1.05. The van der Waals surface area contributed by atoms with Gasteiger partial charge in [-0.3, -0.25) is 0 Å². The summed E-state index contributed by atoms with van der Waals surface area (Å²) in [6.07, 6.45) is 1.89. The number of thioether (sulfide) groups is 2. The topological polar surface area (TPSA) is 86.0 Å². The van der Waals surface area contributed by atoms with Crippen LogP contribution in [0.2, 0.25) is 10.0 Å². The van der Waals surface area contributed by atoms with Gasteiger partial charge in [-0.15, -0.1) is 23.5 Å². The predicted octanol–water partition coefficient (Wildman–Crippen LogP) is 5.42. The summed E-state index contributed by atoms with van der Waals surface area (Å²) in [7, 11) is 0. The van der Waals surface area contributed by atoms with Gasteiger partial charge in [0.2, 0.25) is 0 Å². The Kier molecular flexibility index (Phi) is 5.67. The number of amidine groups is 1. The fourth-order valence-electron chi connectivity index (χ4n) is 4.04. The van der Waals surface area contributed by atoms with Crippen molar-refractivity contribution in [3.8, 4) is 12.1 Å². The smallest absolute Gasteiger partial charge is 0.175 e. The molecule has 2 aliphatic rings. The highest BCUT2D eigenvalue weighted by Crippen LogP contribution is 2.85. The van der Waals surface area contributed by atoms with Crippen LogP contribution in [0.1, 0.15) is 38.2 Å². The minimum Gasteiger partial charge on any atom is -0.386 e. The number of halogens is 2. The van der Waals surface area contributed by atoms with Crippen molar-refractivity contribution in [3.05, 3.63) is 33.8 Å². The molecule has 0 spiro atoms. The molecule has 2 N–H and O–H groups in total. The Morgan fingerprint density at radius 2 is 1.78 bits per heavy atom. The first-order valence-corrected chi connectivity index (χ1v) is 11.5. The van der Waals surface area contributed by atoms with Crippen molar-refractivity contribution in [1.29, 1.82) is 10.5 Å². The highest BCUT2D eigenvalue weighted by atomic mass is 35.5. The van der Waals surface area contributed by atoms with Crippen LogP contribution in [0.3, 0.4) is 0 Å². The van der Waals surface area contributed by atoms with Crippen LogP contribution in [0, 0.1) is 33.5 Å². The maximum atomic E-state index is 10.4. The number of rotatable bonds is 7. The number of nitriles is 2. The third-order valence-electron chi connectivity index (χ3n) is 5.20. The lowest BCUT2D eigenvalue weighted by Crippen LogP contribution is -2.32. The lowest BCUT2D eigenvalue weighted by molar-refractivity contribution is 0.563. The molecule has 1 aromatic rings. The van der Waals surface area contributed by atoms with Gasteiger partial charge in [0.15, 0.2) is 4.20 Å². The number of nitrogens with zero attached hydrogens (tertiary/aromatic N) is 3. The van der Waals surface area contributed by atoms with Gasteiger partial charge in [-0.05, 0) is 42.0 Å². The molecule has 1 aliphatic heterocycles. The van der Waals surface area contributed by atoms with Crippen LogP contribution in [0.15, 0.2) is 23.2 Å². The molecule has 1 aromatic carbocycles.